The predicted molar refractivity (Wildman–Crippen MR) is 130 cm³/mol. The van der Waals surface area contributed by atoms with Crippen LogP contribution in [-0.2, 0) is 6.54 Å². The van der Waals surface area contributed by atoms with E-state index in [0.29, 0.717) is 38.8 Å². The summed E-state index contributed by atoms with van der Waals surface area (Å²) in [5.41, 5.74) is 1.58. The monoisotopic (exact) mass is 492 g/mol. The van der Waals surface area contributed by atoms with E-state index in [9.17, 15) is 9.59 Å². The maximum absolute atomic E-state index is 13.7. The fraction of sp³-hybridized carbons (Fsp3) is 0.192. The lowest BCUT2D eigenvalue weighted by molar-refractivity contribution is 0.0713. The van der Waals surface area contributed by atoms with Crippen LogP contribution in [0.2, 0.25) is 5.02 Å². The molecular weight excluding hydrogens is 472 g/mol. The van der Waals surface area contributed by atoms with Crippen molar-refractivity contribution in [2.75, 3.05) is 21.3 Å². The van der Waals surface area contributed by atoms with Crippen LogP contribution in [0.25, 0.3) is 11.0 Å². The number of nitrogens with zero attached hydrogens (tertiary/aromatic N) is 2. The summed E-state index contributed by atoms with van der Waals surface area (Å²) in [5.74, 6) is 0.790. The number of aromatic nitrogens is 1. The van der Waals surface area contributed by atoms with Gasteiger partial charge in [0, 0.05) is 24.0 Å². The van der Waals surface area contributed by atoms with Crippen molar-refractivity contribution >= 4 is 28.5 Å². The zero-order chi connectivity index (χ0) is 24.7. The molecule has 1 atom stereocenters. The van der Waals surface area contributed by atoms with Gasteiger partial charge in [0.05, 0.1) is 38.3 Å². The van der Waals surface area contributed by atoms with Crippen LogP contribution < -0.4 is 19.6 Å². The van der Waals surface area contributed by atoms with E-state index in [0.717, 1.165) is 5.56 Å². The highest BCUT2D eigenvalue weighted by Gasteiger charge is 2.43. The number of pyridine rings is 1. The minimum Gasteiger partial charge on any atom is -0.493 e. The molecule has 0 fully saturated rings. The number of hydrogen-bond acceptors (Lipinski definition) is 7. The summed E-state index contributed by atoms with van der Waals surface area (Å²) in [6.07, 6.45) is 3.33. The lowest BCUT2D eigenvalue weighted by atomic mass is 9.97. The molecule has 4 aromatic rings. The number of hydrogen-bond donors (Lipinski definition) is 0. The Morgan fingerprint density at radius 2 is 1.77 bits per heavy atom. The molecule has 8 nitrogen and oxygen atoms in total. The molecular formula is C26H21ClN2O6. The Kier molecular flexibility index (Phi) is 5.82. The number of carbonyl (C=O) groups excluding carboxylic acids is 1. The summed E-state index contributed by atoms with van der Waals surface area (Å²) in [7, 11) is 4.52. The summed E-state index contributed by atoms with van der Waals surface area (Å²) in [6.45, 7) is 0.203. The fourth-order valence-electron chi connectivity index (χ4n) is 4.45. The first kappa shape index (κ1) is 22.7. The quantitative estimate of drug-likeness (QED) is 0.388. The number of methoxy groups -OCH3 is 3. The molecule has 0 saturated carbocycles. The van der Waals surface area contributed by atoms with Gasteiger partial charge in [0.1, 0.15) is 5.58 Å². The molecule has 0 bridgehead atoms. The van der Waals surface area contributed by atoms with Crippen LogP contribution in [0, 0.1) is 0 Å². The summed E-state index contributed by atoms with van der Waals surface area (Å²) < 4.78 is 22.5. The van der Waals surface area contributed by atoms with Crippen molar-refractivity contribution in [1.82, 2.24) is 9.88 Å². The molecule has 1 amide bonds. The highest BCUT2D eigenvalue weighted by atomic mass is 35.5. The molecule has 0 saturated heterocycles. The SMILES string of the molecule is COc1cc(C2c3c(oc4ccc(Cl)cc4c3=O)C(=O)N2Cc2cccnc2)cc(OC)c1OC. The van der Waals surface area contributed by atoms with Crippen LogP contribution in [0.5, 0.6) is 17.2 Å². The average Bonchev–Trinajstić information content (AvgIpc) is 3.15. The van der Waals surface area contributed by atoms with Crippen LogP contribution in [0.4, 0.5) is 0 Å². The van der Waals surface area contributed by atoms with E-state index < -0.39 is 11.9 Å². The minimum absolute atomic E-state index is 0.00698. The average molecular weight is 493 g/mol. The van der Waals surface area contributed by atoms with Gasteiger partial charge in [-0.15, -0.1) is 0 Å². The molecule has 35 heavy (non-hydrogen) atoms. The maximum atomic E-state index is 13.7. The van der Waals surface area contributed by atoms with E-state index in [1.165, 1.54) is 21.3 Å². The molecule has 0 radical (unpaired) electrons. The fourth-order valence-corrected chi connectivity index (χ4v) is 4.62. The lowest BCUT2D eigenvalue weighted by Gasteiger charge is -2.26. The second-order valence-electron chi connectivity index (χ2n) is 7.97. The number of amides is 1. The molecule has 1 aliphatic heterocycles. The van der Waals surface area contributed by atoms with Crippen molar-refractivity contribution in [3.05, 3.63) is 92.6 Å². The maximum Gasteiger partial charge on any atom is 0.291 e. The Hall–Kier alpha value is -4.04. The van der Waals surface area contributed by atoms with Crippen molar-refractivity contribution in [3.8, 4) is 17.2 Å². The van der Waals surface area contributed by atoms with Crippen LogP contribution in [0.1, 0.15) is 33.3 Å². The molecule has 1 unspecified atom stereocenters. The van der Waals surface area contributed by atoms with Crippen LogP contribution in [0.15, 0.2) is 64.1 Å². The first-order chi connectivity index (χ1) is 17.0. The van der Waals surface area contributed by atoms with Crippen molar-refractivity contribution in [3.63, 3.8) is 0 Å². The third-order valence-electron chi connectivity index (χ3n) is 6.01. The van der Waals surface area contributed by atoms with Gasteiger partial charge in [0.25, 0.3) is 5.91 Å². The lowest BCUT2D eigenvalue weighted by Crippen LogP contribution is -2.29. The standard InChI is InChI=1S/C26H21ClN2O6/c1-32-19-9-15(10-20(33-2)24(19)34-3)22-21-23(30)17-11-16(27)6-7-18(17)35-25(21)26(31)29(22)13-14-5-4-8-28-12-14/h4-12,22H,13H2,1-3H3. The zero-order valence-electron chi connectivity index (χ0n) is 19.2. The Labute approximate surface area is 205 Å². The van der Waals surface area contributed by atoms with Crippen molar-refractivity contribution in [2.24, 2.45) is 0 Å². The topological polar surface area (TPSA) is 91.1 Å². The van der Waals surface area contributed by atoms with Gasteiger partial charge < -0.3 is 23.5 Å². The molecule has 178 valence electrons. The number of halogens is 1. The summed E-state index contributed by atoms with van der Waals surface area (Å²) >= 11 is 6.16. The third kappa shape index (κ3) is 3.76. The Bertz CT molecular complexity index is 1480. The number of fused-ring (bicyclic) bond motifs is 2. The van der Waals surface area contributed by atoms with E-state index >= 15 is 0 Å². The predicted octanol–water partition coefficient (Wildman–Crippen LogP) is 4.61. The minimum atomic E-state index is -0.772. The van der Waals surface area contributed by atoms with Gasteiger partial charge >= 0.3 is 0 Å². The van der Waals surface area contributed by atoms with Gasteiger partial charge in [0.15, 0.2) is 16.9 Å². The summed E-state index contributed by atoms with van der Waals surface area (Å²) in [4.78, 5) is 33.1. The first-order valence-electron chi connectivity index (χ1n) is 10.7. The molecule has 0 N–H and O–H groups in total. The smallest absolute Gasteiger partial charge is 0.291 e. The molecule has 2 aromatic heterocycles. The second kappa shape index (κ2) is 8.96. The normalized spacial score (nSPS) is 14.8. The van der Waals surface area contributed by atoms with Gasteiger partial charge in [-0.3, -0.25) is 14.6 Å². The van der Waals surface area contributed by atoms with E-state index in [-0.39, 0.29) is 23.3 Å². The van der Waals surface area contributed by atoms with Gasteiger partial charge in [0.2, 0.25) is 11.5 Å². The van der Waals surface area contributed by atoms with E-state index in [4.69, 9.17) is 30.2 Å². The highest BCUT2D eigenvalue weighted by Crippen LogP contribution is 2.45. The Morgan fingerprint density at radius 3 is 2.40 bits per heavy atom. The third-order valence-corrected chi connectivity index (χ3v) is 6.24. The Morgan fingerprint density at radius 1 is 1.03 bits per heavy atom. The molecule has 3 heterocycles. The van der Waals surface area contributed by atoms with Crippen LogP contribution in [-0.4, -0.2) is 37.1 Å². The van der Waals surface area contributed by atoms with Gasteiger partial charge in [-0.2, -0.15) is 0 Å². The summed E-state index contributed by atoms with van der Waals surface area (Å²) in [6, 6.07) is 11.1. The van der Waals surface area contributed by atoms with Gasteiger partial charge in [-0.25, -0.2) is 0 Å². The number of ether oxygens (including phenoxy) is 3. The number of benzene rings is 2. The van der Waals surface area contributed by atoms with Crippen molar-refractivity contribution in [1.29, 1.82) is 0 Å². The zero-order valence-corrected chi connectivity index (χ0v) is 20.0. The van der Waals surface area contributed by atoms with Crippen LogP contribution >= 0.6 is 11.6 Å². The van der Waals surface area contributed by atoms with Gasteiger partial charge in [-0.05, 0) is 47.5 Å². The molecule has 0 aliphatic carbocycles. The Balaban J connectivity index is 1.78. The summed E-state index contributed by atoms with van der Waals surface area (Å²) in [5, 5.41) is 0.690. The highest BCUT2D eigenvalue weighted by molar-refractivity contribution is 6.31. The molecule has 1 aliphatic rings. The van der Waals surface area contributed by atoms with Gasteiger partial charge in [-0.1, -0.05) is 17.7 Å². The molecule has 5 rings (SSSR count). The van der Waals surface area contributed by atoms with Crippen molar-refractivity contribution in [2.45, 2.75) is 12.6 Å². The number of carbonyl (C=O) groups is 1. The molecule has 2 aromatic carbocycles. The molecule has 0 spiro atoms. The molecule has 9 heteroatoms. The number of rotatable bonds is 6. The van der Waals surface area contributed by atoms with E-state index in [1.54, 1.807) is 53.7 Å². The van der Waals surface area contributed by atoms with Crippen molar-refractivity contribution < 1.29 is 23.4 Å². The van der Waals surface area contributed by atoms with E-state index in [2.05, 4.69) is 4.98 Å². The largest absolute Gasteiger partial charge is 0.493 e. The second-order valence-corrected chi connectivity index (χ2v) is 8.41. The van der Waals surface area contributed by atoms with Crippen LogP contribution in [0.3, 0.4) is 0 Å². The first-order valence-corrected chi connectivity index (χ1v) is 11.1. The van der Waals surface area contributed by atoms with E-state index in [1.807, 2.05) is 6.07 Å².